The van der Waals surface area contributed by atoms with E-state index in [0.717, 1.165) is 11.5 Å². The summed E-state index contributed by atoms with van der Waals surface area (Å²) in [4.78, 5) is 4.88. The molecule has 2 fully saturated rings. The van der Waals surface area contributed by atoms with Gasteiger partial charge >= 0.3 is 18.9 Å². The van der Waals surface area contributed by atoms with E-state index in [1.165, 1.54) is 25.7 Å². The summed E-state index contributed by atoms with van der Waals surface area (Å²) >= 11 is 0. The van der Waals surface area contributed by atoms with Crippen molar-refractivity contribution in [3.63, 3.8) is 0 Å². The molecule has 0 radical (unpaired) electrons. The maximum atomic E-state index is 4.88. The molecule has 0 aromatic rings. The van der Waals surface area contributed by atoms with Crippen LogP contribution in [0.4, 0.5) is 0 Å². The van der Waals surface area contributed by atoms with Crippen LogP contribution in [0.2, 0.25) is 18.6 Å². The minimum Gasteiger partial charge on any atom is -0.667 e. The van der Waals surface area contributed by atoms with Gasteiger partial charge in [0.15, 0.2) is 0 Å². The maximum Gasteiger partial charge on any atom is 1.00 e. The summed E-state index contributed by atoms with van der Waals surface area (Å²) in [5.74, 6) is 0.836. The zero-order chi connectivity index (χ0) is 13.0. The topological polar surface area (TPSA) is 14.1 Å². The predicted molar refractivity (Wildman–Crippen MR) is 81.3 cm³/mol. The van der Waals surface area contributed by atoms with Crippen LogP contribution in [0.3, 0.4) is 0 Å². The molecule has 0 aromatic heterocycles. The fourth-order valence-corrected chi connectivity index (χ4v) is 9.30. The average Bonchev–Trinajstić information content (AvgIpc) is 2.78. The van der Waals surface area contributed by atoms with Gasteiger partial charge in [-0.3, -0.25) is 0 Å². The third-order valence-corrected chi connectivity index (χ3v) is 9.97. The molecule has 0 aromatic carbocycles. The molecule has 0 saturated heterocycles. The summed E-state index contributed by atoms with van der Waals surface area (Å²) < 4.78 is 0. The second kappa shape index (κ2) is 4.91. The summed E-state index contributed by atoms with van der Waals surface area (Å²) in [5, 5.41) is 0. The largest absolute Gasteiger partial charge is 1.00 e. The molecule has 0 amide bonds. The Kier molecular flexibility index (Phi) is 4.05. The third kappa shape index (κ3) is 1.91. The second-order valence-electron chi connectivity index (χ2n) is 7.30. The molecule has 1 nitrogen and oxygen atoms in total. The van der Waals surface area contributed by atoms with Crippen molar-refractivity contribution in [1.29, 1.82) is 0 Å². The minimum absolute atomic E-state index is 0. The average molecular weight is 267 g/mol. The molecule has 0 N–H and O–H groups in total. The third-order valence-electron chi connectivity index (χ3n) is 6.21. The van der Waals surface area contributed by atoms with Crippen LogP contribution < -0.4 is 18.9 Å². The van der Waals surface area contributed by atoms with E-state index in [4.69, 9.17) is 4.98 Å². The van der Waals surface area contributed by atoms with Crippen molar-refractivity contribution in [2.24, 2.45) is 16.7 Å². The van der Waals surface area contributed by atoms with Gasteiger partial charge in [-0.25, -0.2) is 0 Å². The van der Waals surface area contributed by atoms with Gasteiger partial charge < -0.3 is 4.98 Å². The van der Waals surface area contributed by atoms with Crippen LogP contribution in [0, 0.1) is 16.7 Å². The molecule has 0 heterocycles. The molecule has 2 saturated carbocycles. The van der Waals surface area contributed by atoms with E-state index in [1.807, 2.05) is 0 Å². The fraction of sp³-hybridized carbons (Fsp3) is 0.750. The van der Waals surface area contributed by atoms with Gasteiger partial charge in [-0.15, -0.1) is 0 Å². The van der Waals surface area contributed by atoms with Gasteiger partial charge in [-0.2, -0.15) is 7.05 Å². The quantitative estimate of drug-likeness (QED) is 0.679. The molecule has 0 bridgehead atoms. The minimum atomic E-state index is -1.48. The number of nitrogens with zero attached hydrogens (tertiary/aromatic N) is 1. The van der Waals surface area contributed by atoms with Crippen molar-refractivity contribution in [2.45, 2.75) is 51.2 Å². The summed E-state index contributed by atoms with van der Waals surface area (Å²) in [6.45, 7) is 7.44. The molecule has 19 heavy (non-hydrogen) atoms. The normalized spacial score (nSPS) is 43.8. The molecule has 3 aliphatic rings. The molecule has 4 atom stereocenters. The van der Waals surface area contributed by atoms with E-state index in [9.17, 15) is 0 Å². The Bertz CT molecular complexity index is 417. The second-order valence-corrected chi connectivity index (χ2v) is 11.7. The molecular formula is C16H26LiNSi. The smallest absolute Gasteiger partial charge is 0.667 e. The zero-order valence-corrected chi connectivity index (χ0v) is 14.2. The first-order chi connectivity index (χ1) is 8.47. The Morgan fingerprint density at radius 1 is 1.16 bits per heavy atom. The van der Waals surface area contributed by atoms with Crippen LogP contribution in [0.15, 0.2) is 24.3 Å². The van der Waals surface area contributed by atoms with Crippen LogP contribution >= 0.6 is 0 Å². The Labute approximate surface area is 131 Å². The molecule has 3 heteroatoms. The standard InChI is InChI=1S/C16H26NSi.Li/c1-13-12-15-8-5-6-10-16(15,11-7-9-15)14(13)18(3,4)17-2;/h5-6,8,10,13-14H,7,9,11-12H2,1-4H3;/q-1;+1. The first-order valence-electron chi connectivity index (χ1n) is 7.46. The Morgan fingerprint density at radius 2 is 1.84 bits per heavy atom. The van der Waals surface area contributed by atoms with E-state index in [0.29, 0.717) is 10.8 Å². The van der Waals surface area contributed by atoms with Gasteiger partial charge in [0.25, 0.3) is 0 Å². The zero-order valence-electron chi connectivity index (χ0n) is 13.2. The fourth-order valence-electron chi connectivity index (χ4n) is 5.73. The van der Waals surface area contributed by atoms with Crippen LogP contribution in [0.5, 0.6) is 0 Å². The van der Waals surface area contributed by atoms with E-state index < -0.39 is 8.24 Å². The monoisotopic (exact) mass is 267 g/mol. The van der Waals surface area contributed by atoms with Crippen molar-refractivity contribution < 1.29 is 18.9 Å². The first kappa shape index (κ1) is 15.6. The van der Waals surface area contributed by atoms with Gasteiger partial charge in [0.05, 0.1) is 0 Å². The van der Waals surface area contributed by atoms with Crippen LogP contribution in [0.25, 0.3) is 4.98 Å². The Hall–Kier alpha value is 0.254. The van der Waals surface area contributed by atoms with Gasteiger partial charge in [0.1, 0.15) is 0 Å². The molecule has 3 aliphatic carbocycles. The summed E-state index contributed by atoms with van der Waals surface area (Å²) in [6.07, 6.45) is 15.4. The molecular weight excluding hydrogens is 241 g/mol. The number of hydrogen-bond acceptors (Lipinski definition) is 0. The Balaban J connectivity index is 0.00000133. The maximum absolute atomic E-state index is 4.88. The summed E-state index contributed by atoms with van der Waals surface area (Å²) in [7, 11) is 0.586. The predicted octanol–water partition coefficient (Wildman–Crippen LogP) is 1.89. The molecule has 100 valence electrons. The van der Waals surface area contributed by atoms with Crippen LogP contribution in [-0.4, -0.2) is 15.3 Å². The van der Waals surface area contributed by atoms with Crippen molar-refractivity contribution >= 4 is 8.24 Å². The van der Waals surface area contributed by atoms with Gasteiger partial charge in [0, 0.05) is 0 Å². The van der Waals surface area contributed by atoms with E-state index in [-0.39, 0.29) is 18.9 Å². The van der Waals surface area contributed by atoms with E-state index in [2.05, 4.69) is 51.4 Å². The molecule has 3 rings (SSSR count). The number of hydrogen-bond donors (Lipinski definition) is 0. The molecule has 4 unspecified atom stereocenters. The van der Waals surface area contributed by atoms with E-state index in [1.54, 1.807) is 0 Å². The Morgan fingerprint density at radius 3 is 2.53 bits per heavy atom. The molecule has 0 spiro atoms. The van der Waals surface area contributed by atoms with Crippen LogP contribution in [-0.2, 0) is 0 Å². The van der Waals surface area contributed by atoms with Crippen molar-refractivity contribution in [3.05, 3.63) is 29.3 Å². The summed E-state index contributed by atoms with van der Waals surface area (Å²) in [6, 6.07) is 0. The van der Waals surface area contributed by atoms with Gasteiger partial charge in [-0.05, 0) is 36.0 Å². The van der Waals surface area contributed by atoms with Crippen molar-refractivity contribution in [2.75, 3.05) is 7.05 Å². The SMILES string of the molecule is C[N-][Si](C)(C)C1C(C)CC23C=CC=CC12CCC3.[Li+]. The number of rotatable bonds is 2. The van der Waals surface area contributed by atoms with E-state index >= 15 is 0 Å². The van der Waals surface area contributed by atoms with Crippen molar-refractivity contribution in [1.82, 2.24) is 0 Å². The first-order valence-corrected chi connectivity index (χ1v) is 10.5. The van der Waals surface area contributed by atoms with Crippen LogP contribution in [0.1, 0.15) is 32.6 Å². The summed E-state index contributed by atoms with van der Waals surface area (Å²) in [5.41, 5.74) is 1.77. The van der Waals surface area contributed by atoms with Crippen molar-refractivity contribution in [3.8, 4) is 0 Å². The molecule has 0 aliphatic heterocycles. The van der Waals surface area contributed by atoms with Gasteiger partial charge in [0.2, 0.25) is 0 Å². The van der Waals surface area contributed by atoms with Gasteiger partial charge in [-0.1, -0.05) is 64.5 Å². The number of allylic oxidation sites excluding steroid dienone is 4.